The van der Waals surface area contributed by atoms with E-state index in [0.717, 1.165) is 21.3 Å². The Morgan fingerprint density at radius 2 is 1.87 bits per heavy atom. The van der Waals surface area contributed by atoms with Crippen LogP contribution >= 0.6 is 39.0 Å². The maximum Gasteiger partial charge on any atom is 0.271 e. The monoisotopic (exact) mass is 499 g/mol. The second-order valence-corrected chi connectivity index (χ2v) is 9.53. The number of halogens is 1. The molecule has 2 aromatic carbocycles. The number of nitrogens with zero attached hydrogens (tertiary/aromatic N) is 2. The molecule has 8 heteroatoms. The predicted octanol–water partition coefficient (Wildman–Crippen LogP) is 5.46. The summed E-state index contributed by atoms with van der Waals surface area (Å²) in [6, 6.07) is 15.5. The molecule has 5 nitrogen and oxygen atoms in total. The first-order chi connectivity index (χ1) is 14.4. The van der Waals surface area contributed by atoms with E-state index in [9.17, 15) is 9.59 Å². The van der Waals surface area contributed by atoms with E-state index in [2.05, 4.69) is 21.2 Å². The third-order valence-corrected chi connectivity index (χ3v) is 7.10. The van der Waals surface area contributed by atoms with Crippen LogP contribution in [0.4, 0.5) is 5.69 Å². The lowest BCUT2D eigenvalue weighted by atomic mass is 10.1. The highest BCUT2D eigenvalue weighted by atomic mass is 79.9. The van der Waals surface area contributed by atoms with E-state index < -0.39 is 0 Å². The van der Waals surface area contributed by atoms with Gasteiger partial charge in [0.15, 0.2) is 5.16 Å². The van der Waals surface area contributed by atoms with Crippen molar-refractivity contribution >= 4 is 60.8 Å². The number of nitrogens with one attached hydrogen (secondary N) is 1. The van der Waals surface area contributed by atoms with E-state index in [1.165, 1.54) is 33.2 Å². The van der Waals surface area contributed by atoms with Gasteiger partial charge in [0.25, 0.3) is 5.56 Å². The topological polar surface area (TPSA) is 64.0 Å². The minimum absolute atomic E-state index is 0.0980. The van der Waals surface area contributed by atoms with Crippen molar-refractivity contribution in [2.75, 3.05) is 11.1 Å². The number of hydrogen-bond acceptors (Lipinski definition) is 5. The van der Waals surface area contributed by atoms with Gasteiger partial charge in [0, 0.05) is 28.2 Å². The lowest BCUT2D eigenvalue weighted by Crippen LogP contribution is -2.20. The van der Waals surface area contributed by atoms with Gasteiger partial charge in [-0.15, -0.1) is 11.3 Å². The summed E-state index contributed by atoms with van der Waals surface area (Å²) in [5.41, 5.74) is 4.45. The van der Waals surface area contributed by atoms with Crippen molar-refractivity contribution in [2.24, 2.45) is 7.05 Å². The molecule has 0 radical (unpaired) electrons. The predicted molar refractivity (Wildman–Crippen MR) is 129 cm³/mol. The number of thioether (sulfide) groups is 1. The van der Waals surface area contributed by atoms with Crippen LogP contribution in [0.1, 0.15) is 5.56 Å². The van der Waals surface area contributed by atoms with Crippen molar-refractivity contribution in [3.63, 3.8) is 0 Å². The molecule has 4 aromatic rings. The number of carbonyl (C=O) groups excluding carboxylic acids is 1. The van der Waals surface area contributed by atoms with Crippen LogP contribution in [-0.4, -0.2) is 21.2 Å². The molecule has 0 saturated carbocycles. The summed E-state index contributed by atoms with van der Waals surface area (Å²) in [5, 5.41) is 5.34. The minimum atomic E-state index is -0.152. The van der Waals surface area contributed by atoms with E-state index in [0.29, 0.717) is 15.4 Å². The van der Waals surface area contributed by atoms with Crippen LogP contribution in [0.25, 0.3) is 21.3 Å². The van der Waals surface area contributed by atoms with Crippen molar-refractivity contribution in [1.29, 1.82) is 0 Å². The van der Waals surface area contributed by atoms with Crippen molar-refractivity contribution in [3.05, 3.63) is 74.3 Å². The van der Waals surface area contributed by atoms with Gasteiger partial charge < -0.3 is 5.32 Å². The van der Waals surface area contributed by atoms with E-state index in [-0.39, 0.29) is 17.2 Å². The third kappa shape index (κ3) is 4.35. The quantitative estimate of drug-likeness (QED) is 0.292. The molecule has 0 bridgehead atoms. The van der Waals surface area contributed by atoms with Gasteiger partial charge in [0.2, 0.25) is 5.91 Å². The van der Waals surface area contributed by atoms with Gasteiger partial charge in [-0.1, -0.05) is 57.5 Å². The second-order valence-electron chi connectivity index (χ2n) is 6.80. The average molecular weight is 500 g/mol. The molecule has 0 aliphatic rings. The van der Waals surface area contributed by atoms with E-state index >= 15 is 0 Å². The molecule has 2 aromatic heterocycles. The molecule has 0 unspecified atom stereocenters. The normalized spacial score (nSPS) is 11.0. The summed E-state index contributed by atoms with van der Waals surface area (Å²) >= 11 is 6.03. The second kappa shape index (κ2) is 8.75. The molecular weight excluding hydrogens is 482 g/mol. The maximum absolute atomic E-state index is 12.8. The van der Waals surface area contributed by atoms with E-state index in [1.807, 2.05) is 60.8 Å². The summed E-state index contributed by atoms with van der Waals surface area (Å²) < 4.78 is 3.08. The number of fused-ring (bicyclic) bond motifs is 1. The summed E-state index contributed by atoms with van der Waals surface area (Å²) in [6.07, 6.45) is 0. The summed E-state index contributed by atoms with van der Waals surface area (Å²) in [6.45, 7) is 2.04. The number of aryl methyl sites for hydroxylation is 1. The van der Waals surface area contributed by atoms with Crippen LogP contribution in [0.15, 0.2) is 68.3 Å². The highest BCUT2D eigenvalue weighted by Gasteiger charge is 2.16. The molecule has 4 rings (SSSR count). The smallest absolute Gasteiger partial charge is 0.271 e. The molecule has 0 saturated heterocycles. The van der Waals surface area contributed by atoms with Crippen LogP contribution in [0.2, 0.25) is 0 Å². The Morgan fingerprint density at radius 3 is 2.57 bits per heavy atom. The summed E-state index contributed by atoms with van der Waals surface area (Å²) in [7, 11) is 1.69. The fourth-order valence-corrected chi connectivity index (χ4v) is 4.97. The number of thiophene rings is 1. The van der Waals surface area contributed by atoms with Gasteiger partial charge in [0.1, 0.15) is 4.70 Å². The Bertz CT molecular complexity index is 1280. The first-order valence-electron chi connectivity index (χ1n) is 9.16. The highest BCUT2D eigenvalue weighted by Crippen LogP contribution is 2.32. The Kier molecular flexibility index (Phi) is 6.08. The molecule has 0 aliphatic heterocycles. The zero-order valence-electron chi connectivity index (χ0n) is 16.3. The van der Waals surface area contributed by atoms with E-state index in [1.54, 1.807) is 7.05 Å². The average Bonchev–Trinajstić information content (AvgIpc) is 3.16. The summed E-state index contributed by atoms with van der Waals surface area (Å²) in [5.74, 6) is 0.00650. The Morgan fingerprint density at radius 1 is 1.17 bits per heavy atom. The molecule has 0 aliphatic carbocycles. The van der Waals surface area contributed by atoms with Crippen LogP contribution in [0.5, 0.6) is 0 Å². The van der Waals surface area contributed by atoms with Gasteiger partial charge in [0.05, 0.1) is 11.3 Å². The van der Waals surface area contributed by atoms with Crippen molar-refractivity contribution in [1.82, 2.24) is 9.55 Å². The highest BCUT2D eigenvalue weighted by molar-refractivity contribution is 9.10. The number of hydrogen-bond donors (Lipinski definition) is 1. The van der Waals surface area contributed by atoms with E-state index in [4.69, 9.17) is 4.98 Å². The van der Waals surface area contributed by atoms with Crippen LogP contribution in [0, 0.1) is 6.92 Å². The first-order valence-corrected chi connectivity index (χ1v) is 11.8. The Hall–Kier alpha value is -2.42. The molecule has 1 amide bonds. The number of amides is 1. The van der Waals surface area contributed by atoms with Crippen molar-refractivity contribution in [3.8, 4) is 11.1 Å². The van der Waals surface area contributed by atoms with Crippen molar-refractivity contribution in [2.45, 2.75) is 12.1 Å². The number of rotatable bonds is 5. The number of aromatic nitrogens is 2. The van der Waals surface area contributed by atoms with Crippen molar-refractivity contribution < 1.29 is 4.79 Å². The molecule has 2 heterocycles. The number of anilines is 1. The fraction of sp³-hybridized carbons (Fsp3) is 0.136. The third-order valence-electron chi connectivity index (χ3n) is 4.58. The van der Waals surface area contributed by atoms with Gasteiger partial charge in [-0.2, -0.15) is 0 Å². The molecule has 30 heavy (non-hydrogen) atoms. The SMILES string of the molecule is Cc1ccc(-c2csc3c(=O)n(C)c(SCC(=O)Nc4ccc(Br)cc4)nc23)cc1. The molecular formula is C22H18BrN3O2S2. The lowest BCUT2D eigenvalue weighted by molar-refractivity contribution is -0.113. The standard InChI is InChI=1S/C22H18BrN3O2S2/c1-13-3-5-14(6-4-13)17-11-29-20-19(17)25-22(26(2)21(20)28)30-12-18(27)24-16-9-7-15(23)8-10-16/h3-11H,12H2,1-2H3,(H,24,27). The molecule has 0 atom stereocenters. The minimum Gasteiger partial charge on any atom is -0.325 e. The first kappa shape index (κ1) is 20.8. The van der Waals surface area contributed by atoms with Crippen LogP contribution in [-0.2, 0) is 11.8 Å². The Labute approximate surface area is 190 Å². The molecule has 0 fully saturated rings. The number of carbonyl (C=O) groups is 1. The van der Waals surface area contributed by atoms with Crippen LogP contribution in [0.3, 0.4) is 0 Å². The lowest BCUT2D eigenvalue weighted by Gasteiger charge is -2.09. The zero-order chi connectivity index (χ0) is 21.3. The molecule has 152 valence electrons. The van der Waals surface area contributed by atoms with Gasteiger partial charge in [-0.05, 0) is 36.8 Å². The van der Waals surface area contributed by atoms with Gasteiger partial charge in [-0.25, -0.2) is 4.98 Å². The zero-order valence-corrected chi connectivity index (χ0v) is 19.5. The van der Waals surface area contributed by atoms with Gasteiger partial charge in [-0.3, -0.25) is 14.2 Å². The maximum atomic E-state index is 12.8. The largest absolute Gasteiger partial charge is 0.325 e. The number of benzene rings is 2. The molecule has 1 N–H and O–H groups in total. The van der Waals surface area contributed by atoms with Gasteiger partial charge >= 0.3 is 0 Å². The Balaban J connectivity index is 1.59. The summed E-state index contributed by atoms with van der Waals surface area (Å²) in [4.78, 5) is 29.9. The van der Waals surface area contributed by atoms with Crippen LogP contribution < -0.4 is 10.9 Å². The fourth-order valence-electron chi connectivity index (χ4n) is 2.95. The molecule has 0 spiro atoms.